The molecule has 0 aromatic heterocycles. The zero-order valence-electron chi connectivity index (χ0n) is 19.9. The lowest BCUT2D eigenvalue weighted by atomic mass is 9.87. The van der Waals surface area contributed by atoms with Crippen LogP contribution in [0.1, 0.15) is 54.5 Å². The molecule has 1 atom stereocenters. The number of piperidine rings is 1. The fourth-order valence-corrected chi connectivity index (χ4v) is 4.71. The summed E-state index contributed by atoms with van der Waals surface area (Å²) in [6.45, 7) is 7.52. The van der Waals surface area contributed by atoms with Gasteiger partial charge in [-0.25, -0.2) is 4.79 Å². The molecule has 2 aromatic carbocycles. The van der Waals surface area contributed by atoms with Crippen molar-refractivity contribution < 1.29 is 19.4 Å². The molecule has 0 radical (unpaired) electrons. The molecule has 1 fully saturated rings. The Morgan fingerprint density at radius 1 is 1.21 bits per heavy atom. The van der Waals surface area contributed by atoms with Crippen molar-refractivity contribution in [1.29, 1.82) is 0 Å². The third-order valence-corrected chi connectivity index (χ3v) is 6.77. The van der Waals surface area contributed by atoms with Crippen molar-refractivity contribution in [3.8, 4) is 11.5 Å². The van der Waals surface area contributed by atoms with Crippen molar-refractivity contribution in [2.24, 2.45) is 4.99 Å². The van der Waals surface area contributed by atoms with Crippen molar-refractivity contribution in [3.63, 3.8) is 0 Å². The largest absolute Gasteiger partial charge is 0.504 e. The second-order valence-corrected chi connectivity index (χ2v) is 8.87. The topological polar surface area (TPSA) is 83.4 Å². The first-order chi connectivity index (χ1) is 15.9. The smallest absolute Gasteiger partial charge is 0.409 e. The summed E-state index contributed by atoms with van der Waals surface area (Å²) in [5.41, 5.74) is 4.84. The Morgan fingerprint density at radius 2 is 1.97 bits per heavy atom. The third-order valence-electron chi connectivity index (χ3n) is 6.77. The average Bonchev–Trinajstić information content (AvgIpc) is 2.81. The number of carbonyl (C=O) groups is 1. The van der Waals surface area contributed by atoms with Crippen LogP contribution in [-0.4, -0.2) is 54.3 Å². The summed E-state index contributed by atoms with van der Waals surface area (Å²) in [6.07, 6.45) is 1.71. The number of benzene rings is 2. The number of ether oxygens (including phenoxy) is 2. The number of carbonyl (C=O) groups excluding carboxylic acids is 1. The van der Waals surface area contributed by atoms with E-state index in [1.165, 1.54) is 11.1 Å². The van der Waals surface area contributed by atoms with Gasteiger partial charge in [0.25, 0.3) is 0 Å². The standard InChI is InChI=1S/C26H33N3O4/c1-5-33-25(31)29-13-11-26(12-14-29)27-21(19-10-9-17(2)18(3)15-19)16-22(28-26)20-7-6-8-23(32-4)24(20)30/h6-10,15,22,28,30H,5,11-14,16H2,1-4H3/t22-/m1/s1. The zero-order chi connectivity index (χ0) is 23.6. The molecular weight excluding hydrogens is 418 g/mol. The average molecular weight is 452 g/mol. The molecule has 1 spiro atoms. The highest BCUT2D eigenvalue weighted by Crippen LogP contribution is 2.40. The van der Waals surface area contributed by atoms with Crippen molar-refractivity contribution >= 4 is 11.8 Å². The molecule has 33 heavy (non-hydrogen) atoms. The van der Waals surface area contributed by atoms with Crippen LogP contribution in [0.25, 0.3) is 0 Å². The first-order valence-electron chi connectivity index (χ1n) is 11.6. The number of nitrogens with one attached hydrogen (secondary N) is 1. The number of para-hydroxylation sites is 1. The van der Waals surface area contributed by atoms with Crippen molar-refractivity contribution in [1.82, 2.24) is 10.2 Å². The summed E-state index contributed by atoms with van der Waals surface area (Å²) in [4.78, 5) is 19.2. The van der Waals surface area contributed by atoms with E-state index in [-0.39, 0.29) is 17.9 Å². The number of phenols is 1. The van der Waals surface area contributed by atoms with E-state index in [9.17, 15) is 9.90 Å². The minimum Gasteiger partial charge on any atom is -0.504 e. The van der Waals surface area contributed by atoms with Gasteiger partial charge in [-0.2, -0.15) is 0 Å². The van der Waals surface area contributed by atoms with Crippen LogP contribution in [0.5, 0.6) is 11.5 Å². The maximum Gasteiger partial charge on any atom is 0.409 e. The highest BCUT2D eigenvalue weighted by Gasteiger charge is 2.41. The van der Waals surface area contributed by atoms with E-state index in [0.717, 1.165) is 16.8 Å². The summed E-state index contributed by atoms with van der Waals surface area (Å²) in [7, 11) is 1.56. The number of hydrogen-bond acceptors (Lipinski definition) is 6. The van der Waals surface area contributed by atoms with E-state index in [1.54, 1.807) is 18.1 Å². The predicted molar refractivity (Wildman–Crippen MR) is 128 cm³/mol. The van der Waals surface area contributed by atoms with E-state index in [4.69, 9.17) is 14.5 Å². The first kappa shape index (κ1) is 23.1. The number of phenolic OH excluding ortho intramolecular Hbond substituents is 1. The van der Waals surface area contributed by atoms with E-state index in [1.807, 2.05) is 19.1 Å². The molecule has 0 bridgehead atoms. The van der Waals surface area contributed by atoms with Crippen LogP contribution >= 0.6 is 0 Å². The molecule has 1 amide bonds. The van der Waals surface area contributed by atoms with Crippen LogP contribution < -0.4 is 10.1 Å². The first-order valence-corrected chi connectivity index (χ1v) is 11.6. The minimum absolute atomic E-state index is 0.136. The molecule has 7 heteroatoms. The molecule has 4 rings (SSSR count). The Bertz CT molecular complexity index is 1060. The Labute approximate surface area is 195 Å². The van der Waals surface area contributed by atoms with E-state index in [0.29, 0.717) is 44.7 Å². The van der Waals surface area contributed by atoms with Gasteiger partial charge in [-0.15, -0.1) is 0 Å². The van der Waals surface area contributed by atoms with Gasteiger partial charge in [0.05, 0.1) is 13.7 Å². The Balaban J connectivity index is 1.69. The van der Waals surface area contributed by atoms with Crippen LogP contribution in [0.4, 0.5) is 4.79 Å². The number of aryl methyl sites for hydroxylation is 2. The van der Waals surface area contributed by atoms with Crippen molar-refractivity contribution in [3.05, 3.63) is 58.7 Å². The fourth-order valence-electron chi connectivity index (χ4n) is 4.71. The molecular formula is C26H33N3O4. The van der Waals surface area contributed by atoms with Gasteiger partial charge >= 0.3 is 6.09 Å². The molecule has 7 nitrogen and oxygen atoms in total. The van der Waals surface area contributed by atoms with Gasteiger partial charge in [0.2, 0.25) is 0 Å². The number of rotatable bonds is 4. The maximum absolute atomic E-state index is 12.2. The van der Waals surface area contributed by atoms with Crippen LogP contribution in [0.15, 0.2) is 41.4 Å². The molecule has 2 N–H and O–H groups in total. The minimum atomic E-state index is -0.518. The number of amides is 1. The van der Waals surface area contributed by atoms with Crippen molar-refractivity contribution in [2.45, 2.75) is 51.7 Å². The highest BCUT2D eigenvalue weighted by atomic mass is 16.6. The molecule has 2 aliphatic rings. The molecule has 176 valence electrons. The fraction of sp³-hybridized carbons (Fsp3) is 0.462. The number of aliphatic imine (C=N–C) groups is 1. The molecule has 0 aliphatic carbocycles. The van der Waals surface area contributed by atoms with Crippen LogP contribution in [0.3, 0.4) is 0 Å². The lowest BCUT2D eigenvalue weighted by Gasteiger charge is -2.45. The SMILES string of the molecule is CCOC(=O)N1CCC2(CC1)N=C(c1ccc(C)c(C)c1)C[C@H](c1cccc(OC)c1O)N2. The predicted octanol–water partition coefficient (Wildman–Crippen LogP) is 4.49. The lowest BCUT2D eigenvalue weighted by Crippen LogP contribution is -2.56. The number of hydrogen-bond donors (Lipinski definition) is 2. The van der Waals surface area contributed by atoms with E-state index in [2.05, 4.69) is 37.4 Å². The molecule has 1 saturated heterocycles. The molecule has 2 aromatic rings. The van der Waals surface area contributed by atoms with Gasteiger partial charge in [-0.1, -0.05) is 24.3 Å². The quantitative estimate of drug-likeness (QED) is 0.716. The normalized spacial score (nSPS) is 19.8. The number of nitrogens with zero attached hydrogens (tertiary/aromatic N) is 2. The van der Waals surface area contributed by atoms with Crippen LogP contribution in [0, 0.1) is 13.8 Å². The van der Waals surface area contributed by atoms with Gasteiger partial charge in [-0.05, 0) is 49.6 Å². The molecule has 0 unspecified atom stereocenters. The molecule has 2 aliphatic heterocycles. The number of likely N-dealkylation sites (tertiary alicyclic amines) is 1. The highest BCUT2D eigenvalue weighted by molar-refractivity contribution is 6.02. The lowest BCUT2D eigenvalue weighted by molar-refractivity contribution is 0.0778. The summed E-state index contributed by atoms with van der Waals surface area (Å²) in [5.74, 6) is 0.605. The van der Waals surface area contributed by atoms with Gasteiger partial charge in [-0.3, -0.25) is 10.3 Å². The Morgan fingerprint density at radius 3 is 2.64 bits per heavy atom. The van der Waals surface area contributed by atoms with Gasteiger partial charge < -0.3 is 19.5 Å². The summed E-state index contributed by atoms with van der Waals surface area (Å²) < 4.78 is 10.5. The zero-order valence-corrected chi connectivity index (χ0v) is 19.9. The summed E-state index contributed by atoms with van der Waals surface area (Å²) in [6, 6.07) is 11.9. The second-order valence-electron chi connectivity index (χ2n) is 8.87. The molecule has 0 saturated carbocycles. The second kappa shape index (κ2) is 9.43. The van der Waals surface area contributed by atoms with Crippen LogP contribution in [-0.2, 0) is 4.74 Å². The van der Waals surface area contributed by atoms with E-state index >= 15 is 0 Å². The summed E-state index contributed by atoms with van der Waals surface area (Å²) >= 11 is 0. The Hall–Kier alpha value is -3.06. The third kappa shape index (κ3) is 4.69. The number of aromatic hydroxyl groups is 1. The van der Waals surface area contributed by atoms with Crippen LogP contribution in [0.2, 0.25) is 0 Å². The monoisotopic (exact) mass is 451 g/mol. The number of methoxy groups -OCH3 is 1. The Kier molecular flexibility index (Phi) is 6.61. The van der Waals surface area contributed by atoms with Crippen molar-refractivity contribution in [2.75, 3.05) is 26.8 Å². The van der Waals surface area contributed by atoms with Gasteiger partial charge in [0, 0.05) is 49.7 Å². The molecule has 2 heterocycles. The maximum atomic E-state index is 12.2. The van der Waals surface area contributed by atoms with E-state index < -0.39 is 5.66 Å². The van der Waals surface area contributed by atoms with Gasteiger partial charge in [0.1, 0.15) is 5.66 Å². The van der Waals surface area contributed by atoms with Gasteiger partial charge in [0.15, 0.2) is 11.5 Å². The summed E-state index contributed by atoms with van der Waals surface area (Å²) in [5, 5.41) is 14.6.